The number of carboxylic acid groups (broad SMARTS) is 1. The van der Waals surface area contributed by atoms with Crippen LogP contribution >= 0.6 is 0 Å². The smallest absolute Gasteiger partial charge is 1.00 e. The SMILES string of the molecule is CCCCCCCC(C)(C(=O)O)c1ccccc1.[H-].[H-].[Li+].[Na+]. The van der Waals surface area contributed by atoms with Crippen LogP contribution in [0.4, 0.5) is 0 Å². The summed E-state index contributed by atoms with van der Waals surface area (Å²) < 4.78 is 0. The van der Waals surface area contributed by atoms with Gasteiger partial charge >= 0.3 is 54.4 Å². The number of carbonyl (C=O) groups is 1. The summed E-state index contributed by atoms with van der Waals surface area (Å²) in [5.74, 6) is -0.718. The summed E-state index contributed by atoms with van der Waals surface area (Å²) in [4.78, 5) is 11.5. The Morgan fingerprint density at radius 2 is 1.70 bits per heavy atom. The van der Waals surface area contributed by atoms with Crippen LogP contribution < -0.4 is 48.4 Å². The predicted octanol–water partition coefficient (Wildman–Crippen LogP) is -1.38. The second-order valence-electron chi connectivity index (χ2n) is 5.17. The molecule has 4 heteroatoms. The van der Waals surface area contributed by atoms with Gasteiger partial charge in [-0.3, -0.25) is 4.79 Å². The number of benzene rings is 1. The van der Waals surface area contributed by atoms with E-state index in [0.29, 0.717) is 0 Å². The third-order valence-corrected chi connectivity index (χ3v) is 3.66. The Kier molecular flexibility index (Phi) is 13.4. The number of hydrogen-bond acceptors (Lipinski definition) is 1. The first-order valence-corrected chi connectivity index (χ1v) is 6.90. The van der Waals surface area contributed by atoms with Gasteiger partial charge in [-0.1, -0.05) is 69.4 Å². The molecule has 1 aromatic rings. The molecule has 0 heterocycles. The van der Waals surface area contributed by atoms with Crippen molar-refractivity contribution in [1.82, 2.24) is 0 Å². The van der Waals surface area contributed by atoms with Gasteiger partial charge in [-0.05, 0) is 18.9 Å². The first-order valence-electron chi connectivity index (χ1n) is 6.90. The van der Waals surface area contributed by atoms with Crippen LogP contribution in [0.1, 0.15) is 60.8 Å². The van der Waals surface area contributed by atoms with Gasteiger partial charge in [-0.15, -0.1) is 0 Å². The molecule has 0 fully saturated rings. The summed E-state index contributed by atoms with van der Waals surface area (Å²) in [5, 5.41) is 9.49. The van der Waals surface area contributed by atoms with Crippen molar-refractivity contribution < 1.29 is 61.2 Å². The van der Waals surface area contributed by atoms with Crippen molar-refractivity contribution in [2.75, 3.05) is 0 Å². The zero-order chi connectivity index (χ0) is 13.4. The number of rotatable bonds is 8. The molecule has 0 aliphatic carbocycles. The fraction of sp³-hybridized carbons (Fsp3) is 0.562. The van der Waals surface area contributed by atoms with Gasteiger partial charge in [0.05, 0.1) is 5.41 Å². The third-order valence-electron chi connectivity index (χ3n) is 3.66. The van der Waals surface area contributed by atoms with Crippen molar-refractivity contribution in [1.29, 1.82) is 0 Å². The van der Waals surface area contributed by atoms with Gasteiger partial charge in [0, 0.05) is 0 Å². The summed E-state index contributed by atoms with van der Waals surface area (Å²) in [7, 11) is 0. The Balaban J connectivity index is -0.000000405. The van der Waals surface area contributed by atoms with E-state index in [1.807, 2.05) is 37.3 Å². The summed E-state index contributed by atoms with van der Waals surface area (Å²) in [6, 6.07) is 9.58. The van der Waals surface area contributed by atoms with E-state index in [1.165, 1.54) is 19.3 Å². The van der Waals surface area contributed by atoms with Crippen molar-refractivity contribution in [2.24, 2.45) is 0 Å². The minimum absolute atomic E-state index is 0. The molecule has 104 valence electrons. The zero-order valence-corrected chi connectivity index (χ0v) is 15.5. The van der Waals surface area contributed by atoms with Crippen LogP contribution in [0.5, 0.6) is 0 Å². The largest absolute Gasteiger partial charge is 1.00 e. The topological polar surface area (TPSA) is 37.3 Å². The molecule has 1 atom stereocenters. The molecule has 0 radical (unpaired) electrons. The van der Waals surface area contributed by atoms with E-state index in [1.54, 1.807) is 0 Å². The quantitative estimate of drug-likeness (QED) is 0.471. The maximum Gasteiger partial charge on any atom is 1.00 e. The van der Waals surface area contributed by atoms with E-state index >= 15 is 0 Å². The summed E-state index contributed by atoms with van der Waals surface area (Å²) in [6.45, 7) is 4.02. The van der Waals surface area contributed by atoms with Crippen LogP contribution in [0.25, 0.3) is 0 Å². The van der Waals surface area contributed by atoms with Crippen LogP contribution in [0.3, 0.4) is 0 Å². The fourth-order valence-corrected chi connectivity index (χ4v) is 2.26. The summed E-state index contributed by atoms with van der Waals surface area (Å²) >= 11 is 0. The molecule has 0 bridgehead atoms. The maximum atomic E-state index is 11.5. The monoisotopic (exact) mass is 280 g/mol. The van der Waals surface area contributed by atoms with Crippen molar-refractivity contribution in [3.63, 3.8) is 0 Å². The standard InChI is InChI=1S/C16H24O2.Li.Na.2H/c1-3-4-5-6-10-13-16(2,15(17)18)14-11-8-7-9-12-14;;;;/h7-9,11-12H,3-6,10,13H2,1-2H3,(H,17,18);;;;/q;2*+1;2*-1. The predicted molar refractivity (Wildman–Crippen MR) is 77.0 cm³/mol. The molecule has 1 rings (SSSR count). The Labute approximate surface area is 160 Å². The van der Waals surface area contributed by atoms with Crippen molar-refractivity contribution >= 4 is 5.97 Å². The average Bonchev–Trinajstić information content (AvgIpc) is 2.39. The molecule has 20 heavy (non-hydrogen) atoms. The molecular formula is C16H26LiNaO2. The zero-order valence-electron chi connectivity index (χ0n) is 15.5. The molecule has 0 saturated heterocycles. The third kappa shape index (κ3) is 6.83. The second-order valence-corrected chi connectivity index (χ2v) is 5.17. The number of carboxylic acids is 1. The van der Waals surface area contributed by atoms with E-state index in [0.717, 1.165) is 24.8 Å². The minimum atomic E-state index is -0.743. The van der Waals surface area contributed by atoms with Crippen LogP contribution in [0.2, 0.25) is 0 Å². The Bertz CT molecular complexity index is 380. The van der Waals surface area contributed by atoms with Gasteiger partial charge in [0.25, 0.3) is 0 Å². The van der Waals surface area contributed by atoms with E-state index in [4.69, 9.17) is 0 Å². The van der Waals surface area contributed by atoms with E-state index < -0.39 is 11.4 Å². The molecule has 0 spiro atoms. The fourth-order valence-electron chi connectivity index (χ4n) is 2.26. The summed E-state index contributed by atoms with van der Waals surface area (Å²) in [5.41, 5.74) is 0.168. The van der Waals surface area contributed by atoms with E-state index in [-0.39, 0.29) is 51.3 Å². The van der Waals surface area contributed by atoms with Gasteiger partial charge in [0.15, 0.2) is 0 Å². The van der Waals surface area contributed by atoms with Crippen molar-refractivity contribution in [2.45, 2.75) is 57.8 Å². The van der Waals surface area contributed by atoms with Gasteiger partial charge in [-0.25, -0.2) is 0 Å². The van der Waals surface area contributed by atoms with Crippen LogP contribution in [0.15, 0.2) is 30.3 Å². The van der Waals surface area contributed by atoms with Crippen LogP contribution in [-0.2, 0) is 10.2 Å². The Hall–Kier alpha value is 0.287. The van der Waals surface area contributed by atoms with Gasteiger partial charge in [0.1, 0.15) is 0 Å². The van der Waals surface area contributed by atoms with Crippen molar-refractivity contribution in [3.05, 3.63) is 35.9 Å². The second kappa shape index (κ2) is 11.9. The van der Waals surface area contributed by atoms with E-state index in [2.05, 4.69) is 6.92 Å². The molecule has 0 aromatic heterocycles. The first-order chi connectivity index (χ1) is 8.61. The van der Waals surface area contributed by atoms with Crippen molar-refractivity contribution in [3.8, 4) is 0 Å². The number of hydrogen-bond donors (Lipinski definition) is 1. The van der Waals surface area contributed by atoms with Crippen LogP contribution in [-0.4, -0.2) is 11.1 Å². The van der Waals surface area contributed by atoms with Crippen LogP contribution in [0, 0.1) is 0 Å². The first kappa shape index (κ1) is 22.6. The molecule has 1 N–H and O–H groups in total. The Morgan fingerprint density at radius 1 is 1.15 bits per heavy atom. The molecule has 1 aromatic carbocycles. The Morgan fingerprint density at radius 3 is 2.20 bits per heavy atom. The molecular weight excluding hydrogens is 254 g/mol. The molecule has 1 unspecified atom stereocenters. The average molecular weight is 280 g/mol. The molecule has 0 amide bonds. The molecule has 2 nitrogen and oxygen atoms in total. The molecule has 0 aliphatic rings. The maximum absolute atomic E-state index is 11.5. The number of unbranched alkanes of at least 4 members (excludes halogenated alkanes) is 4. The number of aliphatic carboxylic acids is 1. The van der Waals surface area contributed by atoms with E-state index in [9.17, 15) is 9.90 Å². The normalized spacial score (nSPS) is 12.7. The summed E-state index contributed by atoms with van der Waals surface area (Å²) in [6.07, 6.45) is 6.50. The molecule has 0 aliphatic heterocycles. The minimum Gasteiger partial charge on any atom is -1.00 e. The van der Waals surface area contributed by atoms with Gasteiger partial charge in [-0.2, -0.15) is 0 Å². The van der Waals surface area contributed by atoms with Gasteiger partial charge < -0.3 is 7.96 Å². The van der Waals surface area contributed by atoms with Gasteiger partial charge in [0.2, 0.25) is 0 Å². The molecule has 0 saturated carbocycles.